The van der Waals surface area contributed by atoms with E-state index in [1.807, 2.05) is 44.3 Å². The summed E-state index contributed by atoms with van der Waals surface area (Å²) in [6.07, 6.45) is 1.88. The summed E-state index contributed by atoms with van der Waals surface area (Å²) in [6.45, 7) is 7.49. The van der Waals surface area contributed by atoms with Crippen LogP contribution in [0.5, 0.6) is 0 Å². The van der Waals surface area contributed by atoms with Gasteiger partial charge in [-0.05, 0) is 67.6 Å². The van der Waals surface area contributed by atoms with Gasteiger partial charge in [0.15, 0.2) is 0 Å². The van der Waals surface area contributed by atoms with Gasteiger partial charge in [-0.25, -0.2) is 4.98 Å². The predicted octanol–water partition coefficient (Wildman–Crippen LogP) is 4.97. The Balaban J connectivity index is 1.60. The maximum atomic E-state index is 13.4. The normalized spacial score (nSPS) is 13.9. The van der Waals surface area contributed by atoms with E-state index in [1.165, 1.54) is 23.1 Å². The van der Waals surface area contributed by atoms with Crippen molar-refractivity contribution in [2.24, 2.45) is 5.14 Å². The van der Waals surface area contributed by atoms with E-state index in [4.69, 9.17) is 10.1 Å². The molecular formula is C26H27N5OS. The molecule has 0 radical (unpaired) electrons. The molecule has 2 aromatic carbocycles. The molecule has 1 aliphatic rings. The lowest BCUT2D eigenvalue weighted by Crippen LogP contribution is -2.26. The van der Waals surface area contributed by atoms with Crippen LogP contribution < -0.4 is 20.9 Å². The summed E-state index contributed by atoms with van der Waals surface area (Å²) in [5, 5.41) is 9.42. The van der Waals surface area contributed by atoms with Gasteiger partial charge in [-0.15, -0.1) is 0 Å². The fourth-order valence-corrected chi connectivity index (χ4v) is 5.00. The van der Waals surface area contributed by atoms with Crippen molar-refractivity contribution in [1.29, 1.82) is 0 Å². The number of nitrogens with two attached hydrogens (primary N) is 1. The summed E-state index contributed by atoms with van der Waals surface area (Å²) in [7, 11) is 0. The summed E-state index contributed by atoms with van der Waals surface area (Å²) in [5.74, 6) is 0.756. The number of para-hydroxylation sites is 1. The number of benzene rings is 2. The van der Waals surface area contributed by atoms with Crippen LogP contribution in [-0.2, 0) is 13.1 Å². The minimum Gasteiger partial charge on any atom is -0.377 e. The molecular weight excluding hydrogens is 430 g/mol. The summed E-state index contributed by atoms with van der Waals surface area (Å²) < 4.78 is 1.69. The van der Waals surface area contributed by atoms with E-state index in [0.717, 1.165) is 40.6 Å². The molecule has 4 aromatic rings. The lowest BCUT2D eigenvalue weighted by molar-refractivity contribution is 0.823. The molecule has 0 saturated carbocycles. The number of aromatic nitrogens is 2. The third-order valence-corrected chi connectivity index (χ3v) is 6.89. The number of hydrogen-bond acceptors (Lipinski definition) is 6. The van der Waals surface area contributed by atoms with Crippen LogP contribution in [0.15, 0.2) is 70.5 Å². The highest BCUT2D eigenvalue weighted by Crippen LogP contribution is 2.31. The summed E-state index contributed by atoms with van der Waals surface area (Å²) in [4.78, 5) is 21.7. The van der Waals surface area contributed by atoms with Gasteiger partial charge in [-0.2, -0.15) is 0 Å². The predicted molar refractivity (Wildman–Crippen MR) is 136 cm³/mol. The lowest BCUT2D eigenvalue weighted by atomic mass is 10.1. The first kappa shape index (κ1) is 21.6. The molecule has 0 bridgehead atoms. The zero-order valence-corrected chi connectivity index (χ0v) is 19.8. The van der Waals surface area contributed by atoms with Crippen LogP contribution in [0, 0.1) is 13.8 Å². The van der Waals surface area contributed by atoms with Crippen molar-refractivity contribution >= 4 is 29.1 Å². The molecule has 7 heteroatoms. The van der Waals surface area contributed by atoms with Crippen LogP contribution in [0.1, 0.15) is 40.8 Å². The monoisotopic (exact) mass is 457 g/mol. The Kier molecular flexibility index (Phi) is 5.60. The minimum absolute atomic E-state index is 0.0268. The number of hydrogen-bond donors (Lipinski definition) is 2. The van der Waals surface area contributed by atoms with Crippen molar-refractivity contribution in [1.82, 2.24) is 9.38 Å². The number of pyridine rings is 1. The van der Waals surface area contributed by atoms with Gasteiger partial charge < -0.3 is 10.2 Å². The first-order valence-corrected chi connectivity index (χ1v) is 11.9. The topological polar surface area (TPSA) is 75.7 Å². The molecule has 0 fully saturated rings. The molecule has 5 rings (SSSR count). The van der Waals surface area contributed by atoms with Gasteiger partial charge in [0.2, 0.25) is 0 Å². The highest BCUT2D eigenvalue weighted by Gasteiger charge is 2.24. The van der Waals surface area contributed by atoms with Crippen LogP contribution >= 0.6 is 11.9 Å². The van der Waals surface area contributed by atoms with Gasteiger partial charge in [0.05, 0.1) is 11.6 Å². The Bertz CT molecular complexity index is 1390. The van der Waals surface area contributed by atoms with E-state index in [9.17, 15) is 4.79 Å². The van der Waals surface area contributed by atoms with Crippen molar-refractivity contribution in [2.75, 3.05) is 10.2 Å². The van der Waals surface area contributed by atoms with Gasteiger partial charge >= 0.3 is 0 Å². The zero-order valence-electron chi connectivity index (χ0n) is 19.0. The third-order valence-electron chi connectivity index (χ3n) is 6.28. The molecule has 0 amide bonds. The van der Waals surface area contributed by atoms with Crippen molar-refractivity contribution in [3.63, 3.8) is 0 Å². The number of anilines is 2. The van der Waals surface area contributed by atoms with Gasteiger partial charge in [0, 0.05) is 35.4 Å². The summed E-state index contributed by atoms with van der Waals surface area (Å²) >= 11 is 1.22. The number of fused-ring (bicyclic) bond motifs is 2. The second kappa shape index (κ2) is 8.57. The van der Waals surface area contributed by atoms with E-state index >= 15 is 0 Å². The molecule has 0 aliphatic carbocycles. The van der Waals surface area contributed by atoms with E-state index in [-0.39, 0.29) is 11.6 Å². The molecule has 3 N–H and O–H groups in total. The molecule has 6 nitrogen and oxygen atoms in total. The minimum atomic E-state index is -0.0774. The molecule has 2 aromatic heterocycles. The second-order valence-corrected chi connectivity index (χ2v) is 9.31. The first-order valence-electron chi connectivity index (χ1n) is 11.0. The number of aryl methyl sites for hydroxylation is 1. The van der Waals surface area contributed by atoms with E-state index in [0.29, 0.717) is 11.2 Å². The Morgan fingerprint density at radius 3 is 2.42 bits per heavy atom. The second-order valence-electron chi connectivity index (χ2n) is 8.64. The molecule has 1 atom stereocenters. The number of nitrogens with one attached hydrogen (secondary N) is 1. The molecule has 0 saturated heterocycles. The zero-order chi connectivity index (χ0) is 23.1. The van der Waals surface area contributed by atoms with Crippen molar-refractivity contribution in [3.05, 3.63) is 99.0 Å². The molecule has 0 spiro atoms. The Labute approximate surface area is 197 Å². The SMILES string of the molecule is Cc1cc(C(C)Nc2ccccc2SN)c2nc(N3Cc4ccccc4C3)c(C)c(=O)n2c1. The van der Waals surface area contributed by atoms with Crippen LogP contribution in [0.2, 0.25) is 0 Å². The van der Waals surface area contributed by atoms with E-state index in [1.54, 1.807) is 4.40 Å². The highest BCUT2D eigenvalue weighted by atomic mass is 32.2. The molecule has 1 unspecified atom stereocenters. The first-order chi connectivity index (χ1) is 16.0. The molecule has 3 heterocycles. The molecule has 1 aliphatic heterocycles. The Hall–Kier alpha value is -3.29. The Morgan fingerprint density at radius 2 is 1.73 bits per heavy atom. The summed E-state index contributed by atoms with van der Waals surface area (Å²) in [6, 6.07) is 18.4. The average molecular weight is 458 g/mol. The van der Waals surface area contributed by atoms with Gasteiger partial charge in [0.1, 0.15) is 11.5 Å². The molecule has 33 heavy (non-hydrogen) atoms. The lowest BCUT2D eigenvalue weighted by Gasteiger charge is -2.23. The van der Waals surface area contributed by atoms with E-state index < -0.39 is 0 Å². The van der Waals surface area contributed by atoms with E-state index in [2.05, 4.69) is 47.5 Å². The van der Waals surface area contributed by atoms with Gasteiger partial charge in [-0.1, -0.05) is 36.4 Å². The average Bonchev–Trinajstić information content (AvgIpc) is 3.25. The highest BCUT2D eigenvalue weighted by molar-refractivity contribution is 7.97. The Morgan fingerprint density at radius 1 is 1.06 bits per heavy atom. The van der Waals surface area contributed by atoms with Crippen molar-refractivity contribution in [2.45, 2.75) is 44.8 Å². The van der Waals surface area contributed by atoms with Crippen LogP contribution in [-0.4, -0.2) is 9.38 Å². The third kappa shape index (κ3) is 3.87. The van der Waals surface area contributed by atoms with Crippen LogP contribution in [0.4, 0.5) is 11.5 Å². The quantitative estimate of drug-likeness (QED) is 0.412. The van der Waals surface area contributed by atoms with Crippen LogP contribution in [0.25, 0.3) is 5.65 Å². The molecule has 168 valence electrons. The number of rotatable bonds is 5. The van der Waals surface area contributed by atoms with Crippen LogP contribution in [0.3, 0.4) is 0 Å². The van der Waals surface area contributed by atoms with Crippen molar-refractivity contribution < 1.29 is 0 Å². The maximum absolute atomic E-state index is 13.4. The smallest absolute Gasteiger partial charge is 0.262 e. The fourth-order valence-electron chi connectivity index (χ4n) is 4.59. The number of nitrogens with zero attached hydrogens (tertiary/aromatic N) is 3. The maximum Gasteiger partial charge on any atom is 0.262 e. The summed E-state index contributed by atoms with van der Waals surface area (Å²) in [5.41, 5.74) is 6.84. The fraction of sp³-hybridized carbons (Fsp3) is 0.231. The van der Waals surface area contributed by atoms with Gasteiger partial charge in [-0.3, -0.25) is 14.3 Å². The van der Waals surface area contributed by atoms with Crippen molar-refractivity contribution in [3.8, 4) is 0 Å². The van der Waals surface area contributed by atoms with Gasteiger partial charge in [0.25, 0.3) is 5.56 Å². The largest absolute Gasteiger partial charge is 0.377 e. The standard InChI is InChI=1S/C26H27N5OS/c1-16-12-21(18(3)28-22-10-6-7-11-23(22)33-27)25-29-24(17(2)26(32)31(25)13-16)30-14-19-8-4-5-9-20(19)15-30/h4-13,18,28H,14-15,27H2,1-3H3.